The van der Waals surface area contributed by atoms with Crippen molar-refractivity contribution >= 4 is 16.9 Å². The van der Waals surface area contributed by atoms with Gasteiger partial charge in [0.25, 0.3) is 0 Å². The molecule has 0 bridgehead atoms. The number of aliphatic hydroxyl groups excluding tert-OH is 1. The molecular formula is C26H33N3O3S. The minimum absolute atomic E-state index is 0.00558. The predicted molar refractivity (Wildman–Crippen MR) is 133 cm³/mol. The van der Waals surface area contributed by atoms with Crippen LogP contribution in [0.4, 0.5) is 0 Å². The number of hydrogen-bond acceptors (Lipinski definition) is 6. The SMILES string of the molecule is CC[C@@H]1CC[C@@H]2[C@H]([C@H]1/C=C/c1ccc(-c3ccccc3C#N)cn1)[C@@H](C)N(CCO)S2(O)O. The van der Waals surface area contributed by atoms with Gasteiger partial charge in [-0.2, -0.15) is 5.26 Å². The van der Waals surface area contributed by atoms with Crippen LogP contribution in [0, 0.1) is 29.1 Å². The first kappa shape index (κ1) is 23.9. The molecule has 6 nitrogen and oxygen atoms in total. The Morgan fingerprint density at radius 3 is 2.67 bits per heavy atom. The summed E-state index contributed by atoms with van der Waals surface area (Å²) in [6, 6.07) is 13.7. The van der Waals surface area contributed by atoms with E-state index in [2.05, 4.69) is 31.0 Å². The standard InChI is InChI=1S/C26H33N3O3S/c1-3-19-9-13-25-26(18(2)29(14-15-30)33(25,31)32)24(19)12-11-22-10-8-21(17-28-22)23-7-5-4-6-20(23)16-27/h4-8,10-12,17-19,24-26,30-32H,3,9,13-15H2,1-2H3/b12-11+/t18-,19-,24+,25-,26+/m1/s1. The van der Waals surface area contributed by atoms with E-state index in [1.165, 1.54) is 0 Å². The Balaban J connectivity index is 1.59. The highest BCUT2D eigenvalue weighted by Gasteiger charge is 2.55. The van der Waals surface area contributed by atoms with E-state index >= 15 is 0 Å². The minimum atomic E-state index is -2.89. The Bertz CT molecular complexity index is 1030. The Labute approximate surface area is 198 Å². The molecule has 2 aromatic rings. The maximum Gasteiger partial charge on any atom is 0.0998 e. The Kier molecular flexibility index (Phi) is 7.22. The van der Waals surface area contributed by atoms with Crippen molar-refractivity contribution in [3.05, 3.63) is 59.9 Å². The van der Waals surface area contributed by atoms with Crippen LogP contribution in [0.2, 0.25) is 0 Å². The minimum Gasteiger partial charge on any atom is -0.395 e. The third kappa shape index (κ3) is 4.46. The highest BCUT2D eigenvalue weighted by atomic mass is 32.3. The van der Waals surface area contributed by atoms with Gasteiger partial charge >= 0.3 is 0 Å². The van der Waals surface area contributed by atoms with E-state index in [0.717, 1.165) is 36.1 Å². The molecular weight excluding hydrogens is 434 g/mol. The summed E-state index contributed by atoms with van der Waals surface area (Å²) in [4.78, 5) is 4.61. The monoisotopic (exact) mass is 467 g/mol. The van der Waals surface area contributed by atoms with Crippen LogP contribution in [0.5, 0.6) is 0 Å². The molecule has 0 radical (unpaired) electrons. The topological polar surface area (TPSA) is 101 Å². The van der Waals surface area contributed by atoms with Crippen LogP contribution in [0.15, 0.2) is 48.7 Å². The van der Waals surface area contributed by atoms with Crippen LogP contribution in [0.25, 0.3) is 17.2 Å². The largest absolute Gasteiger partial charge is 0.395 e. The Morgan fingerprint density at radius 2 is 2.00 bits per heavy atom. The molecule has 7 heteroatoms. The molecule has 0 spiro atoms. The molecule has 176 valence electrons. The van der Waals surface area contributed by atoms with Gasteiger partial charge in [0.15, 0.2) is 0 Å². The summed E-state index contributed by atoms with van der Waals surface area (Å²) < 4.78 is 23.7. The fourth-order valence-corrected chi connectivity index (χ4v) is 8.45. The van der Waals surface area contributed by atoms with Crippen LogP contribution >= 0.6 is 10.8 Å². The van der Waals surface area contributed by atoms with Crippen LogP contribution < -0.4 is 0 Å². The molecule has 0 unspecified atom stereocenters. The first-order valence-electron chi connectivity index (χ1n) is 11.7. The summed E-state index contributed by atoms with van der Waals surface area (Å²) in [5.74, 6) is 0.841. The van der Waals surface area contributed by atoms with E-state index in [1.807, 2.05) is 36.4 Å². The van der Waals surface area contributed by atoms with Crippen molar-refractivity contribution in [3.63, 3.8) is 0 Å². The van der Waals surface area contributed by atoms with E-state index in [-0.39, 0.29) is 36.3 Å². The fraction of sp³-hybridized carbons (Fsp3) is 0.462. The van der Waals surface area contributed by atoms with Gasteiger partial charge in [-0.15, -0.1) is 10.8 Å². The molecule has 1 saturated heterocycles. The Hall–Kier alpha value is -2.21. The van der Waals surface area contributed by atoms with E-state index in [4.69, 9.17) is 0 Å². The van der Waals surface area contributed by atoms with Crippen molar-refractivity contribution in [1.29, 1.82) is 5.26 Å². The first-order chi connectivity index (χ1) is 15.9. The van der Waals surface area contributed by atoms with Crippen LogP contribution in [-0.2, 0) is 0 Å². The molecule has 5 atom stereocenters. The Morgan fingerprint density at radius 1 is 1.21 bits per heavy atom. The van der Waals surface area contributed by atoms with Gasteiger partial charge in [0.05, 0.1) is 29.2 Å². The highest BCUT2D eigenvalue weighted by molar-refractivity contribution is 8.23. The number of pyridine rings is 1. The quantitative estimate of drug-likeness (QED) is 0.525. The summed E-state index contributed by atoms with van der Waals surface area (Å²) in [6.07, 6.45) is 8.89. The van der Waals surface area contributed by atoms with Gasteiger partial charge in [0.1, 0.15) is 0 Å². The van der Waals surface area contributed by atoms with Crippen molar-refractivity contribution in [3.8, 4) is 17.2 Å². The third-order valence-corrected chi connectivity index (χ3v) is 10.0. The third-order valence-electron chi connectivity index (χ3n) is 7.48. The van der Waals surface area contributed by atoms with E-state index in [1.54, 1.807) is 16.6 Å². The normalized spacial score (nSPS) is 30.1. The van der Waals surface area contributed by atoms with Crippen LogP contribution in [0.3, 0.4) is 0 Å². The fourth-order valence-electron chi connectivity index (χ4n) is 5.84. The lowest BCUT2D eigenvalue weighted by Crippen LogP contribution is -2.39. The molecule has 2 aliphatic rings. The molecule has 0 amide bonds. The number of nitriles is 1. The first-order valence-corrected chi connectivity index (χ1v) is 13.3. The van der Waals surface area contributed by atoms with Gasteiger partial charge in [0.2, 0.25) is 0 Å². The molecule has 1 aliphatic carbocycles. The van der Waals surface area contributed by atoms with Gasteiger partial charge in [0, 0.05) is 35.8 Å². The molecule has 1 aromatic carbocycles. The average Bonchev–Trinajstić information content (AvgIpc) is 3.03. The van der Waals surface area contributed by atoms with Crippen molar-refractivity contribution in [1.82, 2.24) is 9.29 Å². The number of hydrogen-bond donors (Lipinski definition) is 3. The molecule has 33 heavy (non-hydrogen) atoms. The van der Waals surface area contributed by atoms with E-state index < -0.39 is 10.8 Å². The van der Waals surface area contributed by atoms with Crippen LogP contribution in [0.1, 0.15) is 44.4 Å². The highest BCUT2D eigenvalue weighted by Crippen LogP contribution is 2.65. The average molecular weight is 468 g/mol. The van der Waals surface area contributed by atoms with Gasteiger partial charge in [-0.3, -0.25) is 14.1 Å². The molecule has 2 heterocycles. The zero-order valence-corrected chi connectivity index (χ0v) is 20.0. The molecule has 2 fully saturated rings. The van der Waals surface area contributed by atoms with Crippen molar-refractivity contribution in [2.45, 2.75) is 44.4 Å². The van der Waals surface area contributed by atoms with Crippen molar-refractivity contribution in [2.75, 3.05) is 13.2 Å². The second kappa shape index (κ2) is 9.96. The summed E-state index contributed by atoms with van der Waals surface area (Å²) >= 11 is 0. The number of β-amino-alcohol motifs (C(OH)–C–C–N with tert-alkyl or cyclic N) is 1. The molecule has 3 N–H and O–H groups in total. The second-order valence-corrected chi connectivity index (χ2v) is 11.3. The number of aliphatic hydroxyl groups is 1. The molecule has 1 aromatic heterocycles. The summed E-state index contributed by atoms with van der Waals surface area (Å²) in [5.41, 5.74) is 3.25. The maximum atomic E-state index is 11.0. The van der Waals surface area contributed by atoms with E-state index in [0.29, 0.717) is 11.5 Å². The summed E-state index contributed by atoms with van der Waals surface area (Å²) in [5, 5.41) is 18.7. The van der Waals surface area contributed by atoms with Crippen LogP contribution in [-0.4, -0.2) is 47.9 Å². The number of allylic oxidation sites excluding steroid dienone is 1. The van der Waals surface area contributed by atoms with E-state index in [9.17, 15) is 19.5 Å². The number of nitrogens with zero attached hydrogens (tertiary/aromatic N) is 3. The number of benzene rings is 1. The number of aromatic nitrogens is 1. The number of rotatable bonds is 6. The second-order valence-electron chi connectivity index (χ2n) is 9.09. The summed E-state index contributed by atoms with van der Waals surface area (Å²) in [7, 11) is -2.89. The number of fused-ring (bicyclic) bond motifs is 1. The lowest BCUT2D eigenvalue weighted by Gasteiger charge is -2.45. The van der Waals surface area contributed by atoms with Crippen molar-refractivity contribution < 1.29 is 14.2 Å². The predicted octanol–water partition coefficient (Wildman–Crippen LogP) is 5.42. The zero-order chi connectivity index (χ0) is 23.6. The van der Waals surface area contributed by atoms with Gasteiger partial charge in [-0.25, -0.2) is 4.31 Å². The molecule has 1 aliphatic heterocycles. The lowest BCUT2D eigenvalue weighted by molar-refractivity contribution is 0.144. The molecule has 1 saturated carbocycles. The zero-order valence-electron chi connectivity index (χ0n) is 19.2. The maximum absolute atomic E-state index is 11.0. The smallest absolute Gasteiger partial charge is 0.0998 e. The summed E-state index contributed by atoms with van der Waals surface area (Å²) in [6.45, 7) is 4.47. The lowest BCUT2D eigenvalue weighted by atomic mass is 9.68. The molecule has 4 rings (SSSR count). The van der Waals surface area contributed by atoms with Gasteiger partial charge in [-0.1, -0.05) is 43.7 Å². The van der Waals surface area contributed by atoms with Gasteiger partial charge < -0.3 is 5.11 Å². The van der Waals surface area contributed by atoms with Gasteiger partial charge in [-0.05, 0) is 49.8 Å². The van der Waals surface area contributed by atoms with Crippen molar-refractivity contribution in [2.24, 2.45) is 17.8 Å².